The minimum Gasteiger partial charge on any atom is -0.476 e. The van der Waals surface area contributed by atoms with Crippen molar-refractivity contribution in [1.82, 2.24) is 15.1 Å². The van der Waals surface area contributed by atoms with Gasteiger partial charge in [0.1, 0.15) is 6.04 Å². The second-order valence-electron chi connectivity index (χ2n) is 4.51. The third kappa shape index (κ3) is 4.73. The molecule has 0 saturated carbocycles. The number of hydrogen-bond acceptors (Lipinski definition) is 3. The average Bonchev–Trinajstić information content (AvgIpc) is 2.87. The van der Waals surface area contributed by atoms with E-state index in [2.05, 4.69) is 17.3 Å². The van der Waals surface area contributed by atoms with Gasteiger partial charge in [0.15, 0.2) is 5.69 Å². The highest BCUT2D eigenvalue weighted by Gasteiger charge is 2.16. The number of carboxylic acids is 1. The smallest absolute Gasteiger partial charge is 0.356 e. The lowest BCUT2D eigenvalue weighted by Gasteiger charge is -2.12. The molecular weight excluding hydrogens is 246 g/mol. The van der Waals surface area contributed by atoms with Crippen LogP contribution < -0.4 is 5.32 Å². The first kappa shape index (κ1) is 15.2. The topological polar surface area (TPSA) is 84.2 Å². The molecule has 6 heteroatoms. The molecule has 106 valence electrons. The number of amides is 1. The Hall–Kier alpha value is -1.85. The molecule has 6 nitrogen and oxygen atoms in total. The SMILES string of the molecule is CCCCCCNC(=O)C(C)n1ccc(C(=O)O)n1. The molecule has 0 aromatic carbocycles. The summed E-state index contributed by atoms with van der Waals surface area (Å²) >= 11 is 0. The van der Waals surface area contributed by atoms with E-state index in [1.807, 2.05) is 0 Å². The zero-order valence-corrected chi connectivity index (χ0v) is 11.4. The van der Waals surface area contributed by atoms with Crippen molar-refractivity contribution in [1.29, 1.82) is 0 Å². The van der Waals surface area contributed by atoms with Crippen molar-refractivity contribution < 1.29 is 14.7 Å². The number of hydrogen-bond donors (Lipinski definition) is 2. The maximum atomic E-state index is 11.8. The highest BCUT2D eigenvalue weighted by atomic mass is 16.4. The number of carbonyl (C=O) groups is 2. The van der Waals surface area contributed by atoms with Crippen LogP contribution in [0.2, 0.25) is 0 Å². The van der Waals surface area contributed by atoms with E-state index in [-0.39, 0.29) is 11.6 Å². The molecule has 1 aromatic heterocycles. The van der Waals surface area contributed by atoms with Crippen molar-refractivity contribution in [3.63, 3.8) is 0 Å². The number of unbranched alkanes of at least 4 members (excludes halogenated alkanes) is 3. The standard InChI is InChI=1S/C13H21N3O3/c1-3-4-5-6-8-14-12(17)10(2)16-9-7-11(15-16)13(18)19/h7,9-10H,3-6,8H2,1-2H3,(H,14,17)(H,18,19). The molecule has 0 spiro atoms. The zero-order chi connectivity index (χ0) is 14.3. The van der Waals surface area contributed by atoms with Gasteiger partial charge in [0.25, 0.3) is 0 Å². The molecule has 2 N–H and O–H groups in total. The van der Waals surface area contributed by atoms with Crippen LogP contribution in [-0.4, -0.2) is 33.3 Å². The van der Waals surface area contributed by atoms with Gasteiger partial charge >= 0.3 is 5.97 Å². The van der Waals surface area contributed by atoms with E-state index in [1.165, 1.54) is 23.4 Å². The van der Waals surface area contributed by atoms with Crippen LogP contribution in [0.4, 0.5) is 0 Å². The van der Waals surface area contributed by atoms with E-state index in [1.54, 1.807) is 6.92 Å². The Bertz CT molecular complexity index is 429. The number of nitrogens with one attached hydrogen (secondary N) is 1. The first-order chi connectivity index (χ1) is 9.06. The van der Waals surface area contributed by atoms with Gasteiger partial charge in [0.05, 0.1) is 0 Å². The Morgan fingerprint density at radius 3 is 2.74 bits per heavy atom. The van der Waals surface area contributed by atoms with Crippen molar-refractivity contribution in [2.24, 2.45) is 0 Å². The van der Waals surface area contributed by atoms with Crippen LogP contribution in [0.3, 0.4) is 0 Å². The van der Waals surface area contributed by atoms with Gasteiger partial charge in [-0.15, -0.1) is 0 Å². The van der Waals surface area contributed by atoms with Crippen LogP contribution in [-0.2, 0) is 4.79 Å². The van der Waals surface area contributed by atoms with Crippen molar-refractivity contribution in [2.45, 2.75) is 45.6 Å². The van der Waals surface area contributed by atoms with E-state index in [4.69, 9.17) is 5.11 Å². The summed E-state index contributed by atoms with van der Waals surface area (Å²) in [6.45, 7) is 4.48. The molecule has 0 aliphatic rings. The van der Waals surface area contributed by atoms with Gasteiger partial charge in [-0.3, -0.25) is 9.48 Å². The van der Waals surface area contributed by atoms with Crippen LogP contribution in [0.1, 0.15) is 56.1 Å². The van der Waals surface area contributed by atoms with Crippen LogP contribution in [0.15, 0.2) is 12.3 Å². The molecule has 0 saturated heterocycles. The van der Waals surface area contributed by atoms with Crippen molar-refractivity contribution in [3.8, 4) is 0 Å². The van der Waals surface area contributed by atoms with E-state index in [9.17, 15) is 9.59 Å². The summed E-state index contributed by atoms with van der Waals surface area (Å²) in [5.74, 6) is -1.23. The molecule has 1 unspecified atom stereocenters. The van der Waals surface area contributed by atoms with E-state index in [0.29, 0.717) is 6.54 Å². The van der Waals surface area contributed by atoms with Crippen LogP contribution in [0.5, 0.6) is 0 Å². The second-order valence-corrected chi connectivity index (χ2v) is 4.51. The average molecular weight is 267 g/mol. The predicted octanol–water partition coefficient (Wildman–Crippen LogP) is 1.84. The first-order valence-corrected chi connectivity index (χ1v) is 6.62. The Balaban J connectivity index is 2.40. The van der Waals surface area contributed by atoms with Crippen LogP contribution >= 0.6 is 0 Å². The molecule has 1 heterocycles. The van der Waals surface area contributed by atoms with E-state index >= 15 is 0 Å². The molecular formula is C13H21N3O3. The van der Waals surface area contributed by atoms with E-state index in [0.717, 1.165) is 19.3 Å². The first-order valence-electron chi connectivity index (χ1n) is 6.62. The minimum absolute atomic E-state index is 0.0532. The molecule has 0 aliphatic carbocycles. The second kappa shape index (κ2) is 7.56. The van der Waals surface area contributed by atoms with Crippen molar-refractivity contribution in [3.05, 3.63) is 18.0 Å². The Labute approximate surface area is 112 Å². The number of aromatic nitrogens is 2. The Kier molecular flexibility index (Phi) is 6.05. The molecule has 0 radical (unpaired) electrons. The number of carbonyl (C=O) groups excluding carboxylic acids is 1. The maximum absolute atomic E-state index is 11.8. The summed E-state index contributed by atoms with van der Waals surface area (Å²) in [7, 11) is 0. The summed E-state index contributed by atoms with van der Waals surface area (Å²) in [5, 5.41) is 15.4. The van der Waals surface area contributed by atoms with Crippen molar-refractivity contribution >= 4 is 11.9 Å². The Morgan fingerprint density at radius 1 is 1.42 bits per heavy atom. The highest BCUT2D eigenvalue weighted by molar-refractivity contribution is 5.85. The van der Waals surface area contributed by atoms with Gasteiger partial charge in [-0.25, -0.2) is 4.79 Å². The fraction of sp³-hybridized carbons (Fsp3) is 0.615. The third-order valence-electron chi connectivity index (χ3n) is 2.93. The molecule has 1 aromatic rings. The molecule has 1 amide bonds. The largest absolute Gasteiger partial charge is 0.476 e. The molecule has 1 atom stereocenters. The fourth-order valence-electron chi connectivity index (χ4n) is 1.70. The maximum Gasteiger partial charge on any atom is 0.356 e. The minimum atomic E-state index is -1.09. The zero-order valence-electron chi connectivity index (χ0n) is 11.4. The number of rotatable bonds is 8. The Morgan fingerprint density at radius 2 is 2.16 bits per heavy atom. The number of carboxylic acid groups (broad SMARTS) is 1. The summed E-state index contributed by atoms with van der Waals surface area (Å²) < 4.78 is 1.37. The monoisotopic (exact) mass is 267 g/mol. The molecule has 0 aliphatic heterocycles. The fourth-order valence-corrected chi connectivity index (χ4v) is 1.70. The lowest BCUT2D eigenvalue weighted by molar-refractivity contribution is -0.124. The lowest BCUT2D eigenvalue weighted by Crippen LogP contribution is -2.32. The summed E-state index contributed by atoms with van der Waals surface area (Å²) in [4.78, 5) is 22.5. The third-order valence-corrected chi connectivity index (χ3v) is 2.93. The molecule has 1 rings (SSSR count). The van der Waals surface area contributed by atoms with Gasteiger partial charge in [-0.2, -0.15) is 5.10 Å². The number of nitrogens with zero attached hydrogens (tertiary/aromatic N) is 2. The van der Waals surface area contributed by atoms with Crippen molar-refractivity contribution in [2.75, 3.05) is 6.54 Å². The predicted molar refractivity (Wildman–Crippen MR) is 71.0 cm³/mol. The number of aromatic carboxylic acids is 1. The quantitative estimate of drug-likeness (QED) is 0.704. The lowest BCUT2D eigenvalue weighted by atomic mass is 10.2. The van der Waals surface area contributed by atoms with Crippen LogP contribution in [0.25, 0.3) is 0 Å². The molecule has 0 bridgehead atoms. The van der Waals surface area contributed by atoms with Gasteiger partial charge in [0.2, 0.25) is 5.91 Å². The van der Waals surface area contributed by atoms with Gasteiger partial charge in [-0.05, 0) is 19.4 Å². The summed E-state index contributed by atoms with van der Waals surface area (Å²) in [6, 6.07) is 0.882. The highest BCUT2D eigenvalue weighted by Crippen LogP contribution is 2.06. The summed E-state index contributed by atoms with van der Waals surface area (Å²) in [6.07, 6.45) is 5.91. The summed E-state index contributed by atoms with van der Waals surface area (Å²) in [5.41, 5.74) is -0.0532. The van der Waals surface area contributed by atoms with Gasteiger partial charge in [-0.1, -0.05) is 26.2 Å². The van der Waals surface area contributed by atoms with E-state index < -0.39 is 12.0 Å². The normalized spacial score (nSPS) is 12.1. The van der Waals surface area contributed by atoms with Gasteiger partial charge in [0, 0.05) is 12.7 Å². The molecule has 0 fully saturated rings. The van der Waals surface area contributed by atoms with Gasteiger partial charge < -0.3 is 10.4 Å². The molecule has 19 heavy (non-hydrogen) atoms. The van der Waals surface area contributed by atoms with Crippen LogP contribution in [0, 0.1) is 0 Å².